The van der Waals surface area contributed by atoms with Crippen molar-refractivity contribution >= 4 is 11.8 Å². The van der Waals surface area contributed by atoms with E-state index >= 15 is 0 Å². The van der Waals surface area contributed by atoms with E-state index in [2.05, 4.69) is 31.4 Å². The van der Waals surface area contributed by atoms with Crippen LogP contribution in [0.4, 0.5) is 4.39 Å². The van der Waals surface area contributed by atoms with Crippen LogP contribution >= 0.6 is 0 Å². The number of aryl methyl sites for hydroxylation is 1. The number of hydrogen-bond donors (Lipinski definition) is 2. The first kappa shape index (κ1) is 19.9. The van der Waals surface area contributed by atoms with E-state index < -0.39 is 11.8 Å². The minimum Gasteiger partial charge on any atom is -0.441 e. The van der Waals surface area contributed by atoms with E-state index in [1.54, 1.807) is 36.4 Å². The standard InChI is InChI=1S/C20H16FN7O3/c21-15-5-1-13(2-6-15)17-11-22-19(31-17)10-9-18(29)24-25-20(30)14-3-7-16(8-4-14)28-12-23-26-27-28/h1-8,11-12H,9-10H2,(H,24,29)(H,25,30). The molecule has 156 valence electrons. The maximum absolute atomic E-state index is 13.0. The molecule has 0 radical (unpaired) electrons. The highest BCUT2D eigenvalue weighted by atomic mass is 19.1. The summed E-state index contributed by atoms with van der Waals surface area (Å²) in [5, 5.41) is 10.8. The lowest BCUT2D eigenvalue weighted by molar-refractivity contribution is -0.121. The third kappa shape index (κ3) is 4.96. The first-order valence-electron chi connectivity index (χ1n) is 9.22. The smallest absolute Gasteiger partial charge is 0.269 e. The Labute approximate surface area is 175 Å². The number of hydrazine groups is 1. The second-order valence-corrected chi connectivity index (χ2v) is 6.43. The number of halogens is 1. The van der Waals surface area contributed by atoms with Gasteiger partial charge in [0.15, 0.2) is 11.7 Å². The number of nitrogens with zero attached hydrogens (tertiary/aromatic N) is 5. The molecule has 2 N–H and O–H groups in total. The Hall–Kier alpha value is -4.41. The van der Waals surface area contributed by atoms with E-state index in [1.165, 1.54) is 29.3 Å². The molecular weight excluding hydrogens is 405 g/mol. The Morgan fingerprint density at radius 3 is 2.52 bits per heavy atom. The number of amides is 2. The van der Waals surface area contributed by atoms with Gasteiger partial charge in [0.2, 0.25) is 5.91 Å². The molecule has 4 aromatic rings. The molecular formula is C20H16FN7O3. The van der Waals surface area contributed by atoms with Gasteiger partial charge in [-0.2, -0.15) is 0 Å². The van der Waals surface area contributed by atoms with Gasteiger partial charge in [0.05, 0.1) is 11.9 Å². The van der Waals surface area contributed by atoms with Crippen LogP contribution in [0.5, 0.6) is 0 Å². The summed E-state index contributed by atoms with van der Waals surface area (Å²) in [6.07, 6.45) is 3.25. The number of hydrogen-bond acceptors (Lipinski definition) is 7. The number of benzene rings is 2. The average molecular weight is 421 g/mol. The lowest BCUT2D eigenvalue weighted by atomic mass is 10.2. The van der Waals surface area contributed by atoms with Gasteiger partial charge in [-0.3, -0.25) is 20.4 Å². The highest BCUT2D eigenvalue weighted by molar-refractivity contribution is 5.95. The topological polar surface area (TPSA) is 128 Å². The zero-order valence-electron chi connectivity index (χ0n) is 16.0. The van der Waals surface area contributed by atoms with E-state index in [0.717, 1.165) is 0 Å². The second kappa shape index (κ2) is 8.95. The number of carbonyl (C=O) groups is 2. The number of oxazole rings is 1. The van der Waals surface area contributed by atoms with Gasteiger partial charge in [0.25, 0.3) is 5.91 Å². The zero-order valence-corrected chi connectivity index (χ0v) is 16.0. The van der Waals surface area contributed by atoms with Crippen molar-refractivity contribution in [2.45, 2.75) is 12.8 Å². The molecule has 0 atom stereocenters. The van der Waals surface area contributed by atoms with Crippen molar-refractivity contribution < 1.29 is 18.4 Å². The number of rotatable bonds is 6. The third-order valence-corrected chi connectivity index (χ3v) is 4.31. The van der Waals surface area contributed by atoms with Crippen LogP contribution in [-0.2, 0) is 11.2 Å². The van der Waals surface area contributed by atoms with Gasteiger partial charge >= 0.3 is 0 Å². The molecule has 4 rings (SSSR count). The van der Waals surface area contributed by atoms with E-state index in [0.29, 0.717) is 28.5 Å². The summed E-state index contributed by atoms with van der Waals surface area (Å²) in [5.41, 5.74) is 6.43. The van der Waals surface area contributed by atoms with Crippen LogP contribution in [-0.4, -0.2) is 37.0 Å². The second-order valence-electron chi connectivity index (χ2n) is 6.43. The first-order valence-corrected chi connectivity index (χ1v) is 9.22. The van der Waals surface area contributed by atoms with Crippen molar-refractivity contribution in [1.29, 1.82) is 0 Å². The van der Waals surface area contributed by atoms with Crippen molar-refractivity contribution in [3.63, 3.8) is 0 Å². The molecule has 10 nitrogen and oxygen atoms in total. The fourth-order valence-electron chi connectivity index (χ4n) is 2.70. The van der Waals surface area contributed by atoms with E-state index in [4.69, 9.17) is 4.42 Å². The maximum atomic E-state index is 13.0. The van der Waals surface area contributed by atoms with Gasteiger partial charge in [0, 0.05) is 24.0 Å². The molecule has 0 saturated carbocycles. The van der Waals surface area contributed by atoms with Crippen molar-refractivity contribution in [1.82, 2.24) is 36.0 Å². The number of nitrogens with one attached hydrogen (secondary N) is 2. The molecule has 0 spiro atoms. The minimum atomic E-state index is -0.466. The van der Waals surface area contributed by atoms with Crippen molar-refractivity contribution in [2.24, 2.45) is 0 Å². The van der Waals surface area contributed by atoms with Crippen molar-refractivity contribution in [3.05, 3.63) is 78.3 Å². The van der Waals surface area contributed by atoms with Crippen LogP contribution < -0.4 is 10.9 Å². The van der Waals surface area contributed by atoms with Crippen LogP contribution in [0, 0.1) is 5.82 Å². The fourth-order valence-corrected chi connectivity index (χ4v) is 2.70. The summed E-state index contributed by atoms with van der Waals surface area (Å²) < 4.78 is 20.0. The zero-order chi connectivity index (χ0) is 21.6. The lowest BCUT2D eigenvalue weighted by Gasteiger charge is -2.07. The molecule has 0 unspecified atom stereocenters. The lowest BCUT2D eigenvalue weighted by Crippen LogP contribution is -2.41. The molecule has 2 heterocycles. The van der Waals surface area contributed by atoms with E-state index in [-0.39, 0.29) is 18.7 Å². The molecule has 0 fully saturated rings. The molecule has 2 aromatic carbocycles. The molecule has 2 amide bonds. The molecule has 0 aliphatic rings. The Bertz CT molecular complexity index is 1170. The molecule has 0 saturated heterocycles. The Balaban J connectivity index is 1.25. The summed E-state index contributed by atoms with van der Waals surface area (Å²) >= 11 is 0. The largest absolute Gasteiger partial charge is 0.441 e. The Morgan fingerprint density at radius 1 is 1.03 bits per heavy atom. The van der Waals surface area contributed by atoms with Crippen molar-refractivity contribution in [2.75, 3.05) is 0 Å². The molecule has 2 aromatic heterocycles. The number of aromatic nitrogens is 5. The molecule has 0 aliphatic carbocycles. The first-order chi connectivity index (χ1) is 15.1. The monoisotopic (exact) mass is 421 g/mol. The molecule has 0 bridgehead atoms. The van der Waals surface area contributed by atoms with Gasteiger partial charge in [-0.15, -0.1) is 5.10 Å². The fraction of sp³-hybridized carbons (Fsp3) is 0.100. The van der Waals surface area contributed by atoms with E-state index in [9.17, 15) is 14.0 Å². The van der Waals surface area contributed by atoms with Crippen LogP contribution in [0.1, 0.15) is 22.7 Å². The molecule has 0 aliphatic heterocycles. The highest BCUT2D eigenvalue weighted by Gasteiger charge is 2.11. The van der Waals surface area contributed by atoms with Crippen molar-refractivity contribution in [3.8, 4) is 17.0 Å². The summed E-state index contributed by atoms with van der Waals surface area (Å²) in [5.74, 6) is -0.370. The van der Waals surface area contributed by atoms with Crippen LogP contribution in [0.25, 0.3) is 17.0 Å². The molecule has 11 heteroatoms. The predicted molar refractivity (Wildman–Crippen MR) is 105 cm³/mol. The summed E-state index contributed by atoms with van der Waals surface area (Å²) in [7, 11) is 0. The Morgan fingerprint density at radius 2 is 1.81 bits per heavy atom. The maximum Gasteiger partial charge on any atom is 0.269 e. The Kier molecular flexibility index (Phi) is 5.74. The van der Waals surface area contributed by atoms with Crippen LogP contribution in [0.2, 0.25) is 0 Å². The number of tetrazole rings is 1. The third-order valence-electron chi connectivity index (χ3n) is 4.31. The SMILES string of the molecule is O=C(CCc1ncc(-c2ccc(F)cc2)o1)NNC(=O)c1ccc(-n2cnnn2)cc1. The molecule has 31 heavy (non-hydrogen) atoms. The summed E-state index contributed by atoms with van der Waals surface area (Å²) in [4.78, 5) is 28.3. The summed E-state index contributed by atoms with van der Waals surface area (Å²) in [6, 6.07) is 12.3. The normalized spacial score (nSPS) is 10.6. The minimum absolute atomic E-state index is 0.0574. The quantitative estimate of drug-likeness (QED) is 0.455. The van der Waals surface area contributed by atoms with Crippen LogP contribution in [0.3, 0.4) is 0 Å². The predicted octanol–water partition coefficient (Wildman–Crippen LogP) is 1.85. The van der Waals surface area contributed by atoms with Gasteiger partial charge in [-0.05, 0) is 59.0 Å². The van der Waals surface area contributed by atoms with E-state index in [1.807, 2.05) is 0 Å². The van der Waals surface area contributed by atoms with Crippen LogP contribution in [0.15, 0.2) is 65.5 Å². The highest BCUT2D eigenvalue weighted by Crippen LogP contribution is 2.21. The summed E-state index contributed by atoms with van der Waals surface area (Å²) in [6.45, 7) is 0. The number of carbonyl (C=O) groups excluding carboxylic acids is 2. The van der Waals surface area contributed by atoms with Gasteiger partial charge in [-0.25, -0.2) is 14.1 Å². The van der Waals surface area contributed by atoms with Gasteiger partial charge < -0.3 is 4.42 Å². The average Bonchev–Trinajstić information content (AvgIpc) is 3.49. The van der Waals surface area contributed by atoms with Gasteiger partial charge in [0.1, 0.15) is 12.1 Å². The van der Waals surface area contributed by atoms with Gasteiger partial charge in [-0.1, -0.05) is 0 Å².